The third kappa shape index (κ3) is 2.16. The minimum atomic E-state index is -0.503. The monoisotopic (exact) mass is 269 g/mol. The van der Waals surface area contributed by atoms with Crippen molar-refractivity contribution in [1.29, 1.82) is 0 Å². The van der Waals surface area contributed by atoms with Crippen LogP contribution in [-0.2, 0) is 0 Å². The number of nitrogens with zero attached hydrogens (tertiary/aromatic N) is 4. The molecule has 1 amide bonds. The molecule has 2 aromatic heterocycles. The topological polar surface area (TPSA) is 92.4 Å². The van der Waals surface area contributed by atoms with Gasteiger partial charge < -0.3 is 10.4 Å². The lowest BCUT2D eigenvalue weighted by Gasteiger charge is -2.05. The maximum atomic E-state index is 12.1. The summed E-state index contributed by atoms with van der Waals surface area (Å²) in [5.74, 6) is -0.182. The number of rotatable bonds is 2. The number of nitrogens with one attached hydrogen (secondary N) is 1. The number of aryl methyl sites for hydroxylation is 1. The third-order valence-corrected chi connectivity index (χ3v) is 2.72. The summed E-state index contributed by atoms with van der Waals surface area (Å²) >= 11 is 0. The van der Waals surface area contributed by atoms with Gasteiger partial charge in [0.15, 0.2) is 0 Å². The third-order valence-electron chi connectivity index (χ3n) is 2.72. The van der Waals surface area contributed by atoms with Gasteiger partial charge in [-0.2, -0.15) is 4.98 Å². The molecule has 3 rings (SSSR count). The predicted molar refractivity (Wildman–Crippen MR) is 71.6 cm³/mol. The molecular weight excluding hydrogens is 258 g/mol. The van der Waals surface area contributed by atoms with E-state index in [4.69, 9.17) is 0 Å². The Balaban J connectivity index is 1.90. The van der Waals surface area contributed by atoms with Gasteiger partial charge >= 0.3 is 0 Å². The molecule has 0 unspecified atom stereocenters. The van der Waals surface area contributed by atoms with Crippen LogP contribution in [0.3, 0.4) is 0 Å². The Morgan fingerprint density at radius 3 is 3.05 bits per heavy atom. The van der Waals surface area contributed by atoms with E-state index in [1.807, 2.05) is 6.92 Å². The number of phenols is 1. The summed E-state index contributed by atoms with van der Waals surface area (Å²) in [6.07, 6.45) is 3.22. The molecule has 0 radical (unpaired) electrons. The summed E-state index contributed by atoms with van der Waals surface area (Å²) in [5.41, 5.74) is 1.24. The highest BCUT2D eigenvalue weighted by Crippen LogP contribution is 2.24. The first-order valence-corrected chi connectivity index (χ1v) is 5.92. The van der Waals surface area contributed by atoms with Gasteiger partial charge in [0.2, 0.25) is 5.82 Å². The minimum absolute atomic E-state index is 0.00848. The van der Waals surface area contributed by atoms with Gasteiger partial charge in [-0.3, -0.25) is 4.79 Å². The van der Waals surface area contributed by atoms with Crippen LogP contribution in [0.4, 0.5) is 5.69 Å². The highest BCUT2D eigenvalue weighted by Gasteiger charge is 2.15. The minimum Gasteiger partial charge on any atom is -0.506 e. The largest absolute Gasteiger partial charge is 0.506 e. The fourth-order valence-electron chi connectivity index (χ4n) is 1.76. The van der Waals surface area contributed by atoms with Crippen LogP contribution in [0.25, 0.3) is 5.78 Å². The van der Waals surface area contributed by atoms with E-state index in [1.54, 1.807) is 30.6 Å². The molecule has 1 aromatic carbocycles. The first kappa shape index (κ1) is 12.1. The first-order valence-electron chi connectivity index (χ1n) is 5.92. The normalized spacial score (nSPS) is 10.7. The number of amides is 1. The second kappa shape index (κ2) is 4.61. The quantitative estimate of drug-likeness (QED) is 0.686. The van der Waals surface area contributed by atoms with E-state index in [2.05, 4.69) is 20.4 Å². The van der Waals surface area contributed by atoms with Crippen molar-refractivity contribution in [2.24, 2.45) is 0 Å². The van der Waals surface area contributed by atoms with Crippen molar-refractivity contribution in [3.8, 4) is 5.75 Å². The van der Waals surface area contributed by atoms with Gasteiger partial charge in [0.1, 0.15) is 5.75 Å². The lowest BCUT2D eigenvalue weighted by Crippen LogP contribution is -2.14. The number of aromatic hydroxyl groups is 1. The highest BCUT2D eigenvalue weighted by molar-refractivity contribution is 6.02. The standard InChI is InChI=1S/C13H11N5O2/c1-8-3-4-10(19)9(7-8)15-12(20)11-16-13-14-5-2-6-18(13)17-11/h2-7,19H,1H3,(H,15,20). The van der Waals surface area contributed by atoms with E-state index in [0.717, 1.165) is 5.56 Å². The van der Waals surface area contributed by atoms with Crippen LogP contribution >= 0.6 is 0 Å². The fraction of sp³-hybridized carbons (Fsp3) is 0.0769. The Hall–Kier alpha value is -2.96. The number of carbonyl (C=O) groups excluding carboxylic acids is 1. The molecule has 20 heavy (non-hydrogen) atoms. The maximum absolute atomic E-state index is 12.1. The summed E-state index contributed by atoms with van der Waals surface area (Å²) in [6.45, 7) is 1.86. The number of hydrogen-bond donors (Lipinski definition) is 2. The predicted octanol–water partition coefficient (Wildman–Crippen LogP) is 1.39. The molecule has 2 N–H and O–H groups in total. The summed E-state index contributed by atoms with van der Waals surface area (Å²) in [7, 11) is 0. The van der Waals surface area contributed by atoms with Gasteiger partial charge in [-0.25, -0.2) is 9.50 Å². The molecule has 0 aliphatic carbocycles. The van der Waals surface area contributed by atoms with Crippen LogP contribution in [0.5, 0.6) is 5.75 Å². The second-order valence-corrected chi connectivity index (χ2v) is 4.27. The van der Waals surface area contributed by atoms with Gasteiger partial charge in [0, 0.05) is 12.4 Å². The van der Waals surface area contributed by atoms with Crippen molar-refractivity contribution in [3.05, 3.63) is 48.0 Å². The lowest BCUT2D eigenvalue weighted by molar-refractivity contribution is 0.101. The van der Waals surface area contributed by atoms with Gasteiger partial charge in [-0.05, 0) is 30.7 Å². The van der Waals surface area contributed by atoms with Crippen molar-refractivity contribution in [2.45, 2.75) is 6.92 Å². The van der Waals surface area contributed by atoms with Crippen molar-refractivity contribution >= 4 is 17.4 Å². The average molecular weight is 269 g/mol. The van der Waals surface area contributed by atoms with Gasteiger partial charge in [-0.1, -0.05) is 6.07 Å². The molecule has 0 atom stereocenters. The molecule has 0 saturated carbocycles. The van der Waals surface area contributed by atoms with E-state index in [0.29, 0.717) is 11.5 Å². The van der Waals surface area contributed by atoms with Gasteiger partial charge in [0.05, 0.1) is 5.69 Å². The zero-order valence-electron chi connectivity index (χ0n) is 10.6. The Bertz CT molecular complexity index is 763. The van der Waals surface area contributed by atoms with E-state index in [-0.39, 0.29) is 11.6 Å². The summed E-state index contributed by atoms with van der Waals surface area (Å²) in [5, 5.41) is 16.3. The molecule has 0 spiro atoms. The average Bonchev–Trinajstić information content (AvgIpc) is 2.87. The number of benzene rings is 1. The fourth-order valence-corrected chi connectivity index (χ4v) is 1.76. The van der Waals surface area contributed by atoms with E-state index in [9.17, 15) is 9.90 Å². The molecule has 3 aromatic rings. The zero-order valence-corrected chi connectivity index (χ0v) is 10.6. The van der Waals surface area contributed by atoms with E-state index in [1.165, 1.54) is 10.6 Å². The Kier molecular flexibility index (Phi) is 2.79. The van der Waals surface area contributed by atoms with Crippen LogP contribution in [-0.4, -0.2) is 30.6 Å². The molecular formula is C13H11N5O2. The molecule has 0 aliphatic heterocycles. The molecule has 0 saturated heterocycles. The molecule has 100 valence electrons. The van der Waals surface area contributed by atoms with Gasteiger partial charge in [-0.15, -0.1) is 5.10 Å². The number of hydrogen-bond acceptors (Lipinski definition) is 5. The number of anilines is 1. The summed E-state index contributed by atoms with van der Waals surface area (Å²) < 4.78 is 1.41. The molecule has 0 aliphatic rings. The number of phenolic OH excluding ortho intramolecular Hbond substituents is 1. The van der Waals surface area contributed by atoms with Crippen LogP contribution in [0.15, 0.2) is 36.7 Å². The number of fused-ring (bicyclic) bond motifs is 1. The SMILES string of the molecule is Cc1ccc(O)c(NC(=O)c2nc3ncccn3n2)c1. The highest BCUT2D eigenvalue weighted by atomic mass is 16.3. The molecule has 0 fully saturated rings. The van der Waals surface area contributed by atoms with Crippen LogP contribution < -0.4 is 5.32 Å². The van der Waals surface area contributed by atoms with Crippen LogP contribution in [0.1, 0.15) is 16.2 Å². The zero-order chi connectivity index (χ0) is 14.1. The smallest absolute Gasteiger partial charge is 0.295 e. The van der Waals surface area contributed by atoms with Crippen molar-refractivity contribution in [1.82, 2.24) is 19.6 Å². The Morgan fingerprint density at radius 2 is 2.25 bits per heavy atom. The maximum Gasteiger partial charge on any atom is 0.295 e. The summed E-state index contributed by atoms with van der Waals surface area (Å²) in [4.78, 5) is 20.0. The van der Waals surface area contributed by atoms with Crippen LogP contribution in [0, 0.1) is 6.92 Å². The Morgan fingerprint density at radius 1 is 1.40 bits per heavy atom. The number of carbonyl (C=O) groups is 1. The van der Waals surface area contributed by atoms with Crippen molar-refractivity contribution in [2.75, 3.05) is 5.32 Å². The second-order valence-electron chi connectivity index (χ2n) is 4.27. The van der Waals surface area contributed by atoms with E-state index < -0.39 is 5.91 Å². The molecule has 7 heteroatoms. The van der Waals surface area contributed by atoms with Crippen LogP contribution in [0.2, 0.25) is 0 Å². The molecule has 2 heterocycles. The van der Waals surface area contributed by atoms with Crippen molar-refractivity contribution < 1.29 is 9.90 Å². The summed E-state index contributed by atoms with van der Waals surface area (Å²) in [6, 6.07) is 6.62. The number of aromatic nitrogens is 4. The molecule has 0 bridgehead atoms. The van der Waals surface area contributed by atoms with E-state index >= 15 is 0 Å². The Labute approximate surface area is 113 Å². The lowest BCUT2D eigenvalue weighted by atomic mass is 10.2. The first-order chi connectivity index (χ1) is 9.63. The van der Waals surface area contributed by atoms with Gasteiger partial charge in [0.25, 0.3) is 11.7 Å². The molecule has 7 nitrogen and oxygen atoms in total. The van der Waals surface area contributed by atoms with Crippen molar-refractivity contribution in [3.63, 3.8) is 0 Å².